The molecule has 0 amide bonds. The lowest BCUT2D eigenvalue weighted by Gasteiger charge is -2.15. The normalized spacial score (nSPS) is 16.0. The molecule has 2 atom stereocenters. The van der Waals surface area contributed by atoms with E-state index < -0.39 is 0 Å². The van der Waals surface area contributed by atoms with Crippen LogP contribution in [0.4, 0.5) is 0 Å². The molecule has 0 aliphatic heterocycles. The first-order valence-corrected chi connectivity index (χ1v) is 9.39. The number of rotatable bonds is 7. The van der Waals surface area contributed by atoms with Gasteiger partial charge in [-0.05, 0) is 38.0 Å². The van der Waals surface area contributed by atoms with Crippen molar-refractivity contribution in [1.29, 1.82) is 0 Å². The fourth-order valence-electron chi connectivity index (χ4n) is 1.33. The summed E-state index contributed by atoms with van der Waals surface area (Å²) in [5.41, 5.74) is 0. The molecule has 0 aliphatic rings. The van der Waals surface area contributed by atoms with E-state index in [0.717, 1.165) is 0 Å². The van der Waals surface area contributed by atoms with E-state index in [0.29, 0.717) is 15.8 Å². The van der Waals surface area contributed by atoms with Gasteiger partial charge >= 0.3 is 0 Å². The van der Waals surface area contributed by atoms with E-state index in [1.165, 1.54) is 37.5 Å². The first-order valence-electron chi connectivity index (χ1n) is 5.07. The van der Waals surface area contributed by atoms with Gasteiger partial charge in [0, 0.05) is 0 Å². The van der Waals surface area contributed by atoms with Crippen LogP contribution in [0.5, 0.6) is 0 Å². The Kier molecular flexibility index (Phi) is 9.06. The Balaban J connectivity index is 3.27. The van der Waals surface area contributed by atoms with Gasteiger partial charge in [0.05, 0.1) is 0 Å². The molecule has 0 aromatic heterocycles. The van der Waals surface area contributed by atoms with Crippen molar-refractivity contribution in [2.45, 2.75) is 26.7 Å². The third kappa shape index (κ3) is 7.51. The molecule has 12 heavy (non-hydrogen) atoms. The summed E-state index contributed by atoms with van der Waals surface area (Å²) >= 11 is 0. The van der Waals surface area contributed by atoms with Crippen LogP contribution in [-0.4, -0.2) is 38.0 Å². The molecule has 0 nitrogen and oxygen atoms in total. The third-order valence-electron chi connectivity index (χ3n) is 2.07. The molecule has 0 N–H and O–H groups in total. The van der Waals surface area contributed by atoms with Crippen LogP contribution < -0.4 is 0 Å². The second-order valence-electron chi connectivity index (χ2n) is 3.61. The summed E-state index contributed by atoms with van der Waals surface area (Å²) in [5.74, 6) is 0. The Morgan fingerprint density at radius 2 is 1.00 bits per heavy atom. The second-order valence-corrected chi connectivity index (χ2v) is 8.82. The zero-order valence-electron chi connectivity index (χ0n) is 9.14. The Morgan fingerprint density at radius 1 is 0.667 bits per heavy atom. The monoisotopic (exact) mass is 206 g/mol. The van der Waals surface area contributed by atoms with Gasteiger partial charge in [-0.3, -0.25) is 0 Å². The zero-order valence-corrected chi connectivity index (χ0v) is 10.9. The van der Waals surface area contributed by atoms with Crippen molar-refractivity contribution in [1.82, 2.24) is 0 Å². The molecule has 0 fully saturated rings. The molecule has 0 saturated carbocycles. The van der Waals surface area contributed by atoms with Gasteiger partial charge in [0.2, 0.25) is 0 Å². The smallest absolute Gasteiger partial charge is 0.0289 e. The molecule has 0 spiro atoms. The topological polar surface area (TPSA) is 0 Å². The minimum absolute atomic E-state index is 0.392. The number of hydrogen-bond donors (Lipinski definition) is 0. The maximum atomic E-state index is 2.47. The Bertz CT molecular complexity index is 81.8. The lowest BCUT2D eigenvalue weighted by Crippen LogP contribution is -1.95. The minimum Gasteiger partial charge on any atom is -0.110 e. The summed E-state index contributed by atoms with van der Waals surface area (Å²) < 4.78 is 0. The van der Waals surface area contributed by atoms with Crippen LogP contribution in [0.1, 0.15) is 26.7 Å². The van der Waals surface area contributed by atoms with Gasteiger partial charge in [0.15, 0.2) is 0 Å². The first kappa shape index (κ1) is 12.9. The summed E-state index contributed by atoms with van der Waals surface area (Å²) in [7, 11) is 0.785. The molecule has 0 radical (unpaired) electrons. The summed E-state index contributed by atoms with van der Waals surface area (Å²) in [5, 5.41) is 0. The van der Waals surface area contributed by atoms with Gasteiger partial charge in [-0.1, -0.05) is 26.7 Å². The van der Waals surface area contributed by atoms with Gasteiger partial charge in [0.1, 0.15) is 0 Å². The van der Waals surface area contributed by atoms with Crippen molar-refractivity contribution < 1.29 is 0 Å². The van der Waals surface area contributed by atoms with Crippen LogP contribution in [-0.2, 0) is 0 Å². The standard InChI is InChI=1S/C10H24P2/c1-5-7-11(3)9-10-12(4)8-6-2/h5-10H2,1-4H3. The maximum absolute atomic E-state index is 2.47. The van der Waals surface area contributed by atoms with Gasteiger partial charge in [-0.15, -0.1) is 15.8 Å². The van der Waals surface area contributed by atoms with E-state index in [1.807, 2.05) is 0 Å². The third-order valence-corrected chi connectivity index (χ3v) is 6.82. The van der Waals surface area contributed by atoms with Crippen LogP contribution >= 0.6 is 15.8 Å². The fraction of sp³-hybridized carbons (Fsp3) is 1.00. The summed E-state index contributed by atoms with van der Waals surface area (Å²) in [6, 6.07) is 0. The molecule has 0 heterocycles. The molecular formula is C10H24P2. The van der Waals surface area contributed by atoms with E-state index in [-0.39, 0.29) is 0 Å². The van der Waals surface area contributed by atoms with E-state index in [4.69, 9.17) is 0 Å². The van der Waals surface area contributed by atoms with Crippen LogP contribution in [0.3, 0.4) is 0 Å². The van der Waals surface area contributed by atoms with Crippen molar-refractivity contribution in [2.75, 3.05) is 38.0 Å². The van der Waals surface area contributed by atoms with Crippen LogP contribution in [0.2, 0.25) is 0 Å². The quantitative estimate of drug-likeness (QED) is 0.552. The van der Waals surface area contributed by atoms with E-state index in [2.05, 4.69) is 27.2 Å². The predicted octanol–water partition coefficient (Wildman–Crippen LogP) is 4.03. The molecule has 0 bridgehead atoms. The van der Waals surface area contributed by atoms with E-state index in [1.54, 1.807) is 0 Å². The molecule has 0 aromatic rings. The highest BCUT2D eigenvalue weighted by Crippen LogP contribution is 2.38. The van der Waals surface area contributed by atoms with Crippen molar-refractivity contribution in [3.05, 3.63) is 0 Å². The average Bonchev–Trinajstić information content (AvgIpc) is 2.02. The Morgan fingerprint density at radius 3 is 1.25 bits per heavy atom. The van der Waals surface area contributed by atoms with Crippen LogP contribution in [0.15, 0.2) is 0 Å². The summed E-state index contributed by atoms with van der Waals surface area (Å²) in [4.78, 5) is 0. The summed E-state index contributed by atoms with van der Waals surface area (Å²) in [6.07, 6.45) is 8.82. The van der Waals surface area contributed by atoms with Gasteiger partial charge < -0.3 is 0 Å². The second kappa shape index (κ2) is 8.46. The van der Waals surface area contributed by atoms with Gasteiger partial charge in [-0.25, -0.2) is 0 Å². The van der Waals surface area contributed by atoms with Crippen LogP contribution in [0, 0.1) is 0 Å². The largest absolute Gasteiger partial charge is 0.110 e. The van der Waals surface area contributed by atoms with E-state index >= 15 is 0 Å². The highest BCUT2D eigenvalue weighted by Gasteiger charge is 2.03. The summed E-state index contributed by atoms with van der Waals surface area (Å²) in [6.45, 7) is 9.54. The van der Waals surface area contributed by atoms with Crippen molar-refractivity contribution in [2.24, 2.45) is 0 Å². The van der Waals surface area contributed by atoms with Gasteiger partial charge in [0.25, 0.3) is 0 Å². The lowest BCUT2D eigenvalue weighted by molar-refractivity contribution is 1.08. The Labute approximate surface area is 81.0 Å². The zero-order chi connectivity index (χ0) is 9.40. The fourth-order valence-corrected chi connectivity index (χ4v) is 6.03. The van der Waals surface area contributed by atoms with Crippen LogP contribution in [0.25, 0.3) is 0 Å². The Hall–Kier alpha value is 0.860. The first-order chi connectivity index (χ1) is 5.70. The minimum atomic E-state index is 0.392. The van der Waals surface area contributed by atoms with Crippen molar-refractivity contribution in [3.63, 3.8) is 0 Å². The number of hydrogen-bond acceptors (Lipinski definition) is 0. The molecule has 0 rings (SSSR count). The van der Waals surface area contributed by atoms with E-state index in [9.17, 15) is 0 Å². The molecule has 0 aliphatic carbocycles. The lowest BCUT2D eigenvalue weighted by atomic mass is 10.6. The molecule has 2 unspecified atom stereocenters. The molecule has 2 heteroatoms. The molecule has 0 saturated heterocycles. The molecule has 0 aromatic carbocycles. The molecular weight excluding hydrogens is 182 g/mol. The predicted molar refractivity (Wildman–Crippen MR) is 65.7 cm³/mol. The van der Waals surface area contributed by atoms with Gasteiger partial charge in [-0.2, -0.15) is 0 Å². The highest BCUT2D eigenvalue weighted by atomic mass is 31.1. The highest BCUT2D eigenvalue weighted by molar-refractivity contribution is 7.60. The van der Waals surface area contributed by atoms with Crippen molar-refractivity contribution >= 4 is 15.8 Å². The van der Waals surface area contributed by atoms with Crippen molar-refractivity contribution in [3.8, 4) is 0 Å². The SMILES string of the molecule is CCCP(C)CCP(C)CCC. The maximum Gasteiger partial charge on any atom is -0.0289 e. The average molecular weight is 206 g/mol. The molecule has 74 valence electrons.